The number of nitrogens with one attached hydrogen (secondary N) is 1. The lowest BCUT2D eigenvalue weighted by Crippen LogP contribution is -2.27. The quantitative estimate of drug-likeness (QED) is 0.807. The van der Waals surface area contributed by atoms with Crippen molar-refractivity contribution in [3.63, 3.8) is 0 Å². The third-order valence-corrected chi connectivity index (χ3v) is 4.56. The third kappa shape index (κ3) is 2.96. The molecule has 0 spiro atoms. The SMILES string of the molecule is Clc1ccc(Br)c(NC2CCc3ccccc3C2)c1. The van der Waals surface area contributed by atoms with Crippen molar-refractivity contribution in [2.45, 2.75) is 25.3 Å². The van der Waals surface area contributed by atoms with Crippen LogP contribution in [0.3, 0.4) is 0 Å². The topological polar surface area (TPSA) is 12.0 Å². The molecule has 0 saturated carbocycles. The molecule has 1 unspecified atom stereocenters. The second-order valence-electron chi connectivity index (χ2n) is 4.98. The molecule has 0 saturated heterocycles. The van der Waals surface area contributed by atoms with Crippen molar-refractivity contribution in [3.05, 3.63) is 63.1 Å². The minimum atomic E-state index is 0.477. The second-order valence-corrected chi connectivity index (χ2v) is 6.27. The van der Waals surface area contributed by atoms with Gasteiger partial charge in [-0.15, -0.1) is 0 Å². The van der Waals surface area contributed by atoms with Crippen LogP contribution < -0.4 is 5.32 Å². The van der Waals surface area contributed by atoms with Gasteiger partial charge in [0.1, 0.15) is 0 Å². The summed E-state index contributed by atoms with van der Waals surface area (Å²) in [5, 5.41) is 4.37. The fourth-order valence-electron chi connectivity index (χ4n) is 2.65. The lowest BCUT2D eigenvalue weighted by Gasteiger charge is -2.26. The van der Waals surface area contributed by atoms with E-state index < -0.39 is 0 Å². The molecular weight excluding hydrogens is 322 g/mol. The first-order valence-electron chi connectivity index (χ1n) is 6.51. The molecule has 2 aromatic rings. The van der Waals surface area contributed by atoms with Crippen molar-refractivity contribution in [1.82, 2.24) is 0 Å². The molecule has 0 bridgehead atoms. The Labute approximate surface area is 127 Å². The Morgan fingerprint density at radius 2 is 1.89 bits per heavy atom. The number of fused-ring (bicyclic) bond motifs is 1. The van der Waals surface area contributed by atoms with Crippen LogP contribution >= 0.6 is 27.5 Å². The molecule has 1 nitrogen and oxygen atoms in total. The van der Waals surface area contributed by atoms with E-state index >= 15 is 0 Å². The lowest BCUT2D eigenvalue weighted by molar-refractivity contribution is 0.610. The van der Waals surface area contributed by atoms with Gasteiger partial charge >= 0.3 is 0 Å². The molecule has 2 aromatic carbocycles. The minimum absolute atomic E-state index is 0.477. The van der Waals surface area contributed by atoms with Crippen molar-refractivity contribution < 1.29 is 0 Å². The summed E-state index contributed by atoms with van der Waals surface area (Å²) in [6.07, 6.45) is 3.39. The Bertz CT molecular complexity index is 597. The molecule has 98 valence electrons. The zero-order chi connectivity index (χ0) is 13.2. The summed E-state index contributed by atoms with van der Waals surface area (Å²) in [6, 6.07) is 15.1. The van der Waals surface area contributed by atoms with Gasteiger partial charge in [-0.05, 0) is 64.5 Å². The summed E-state index contributed by atoms with van der Waals surface area (Å²) in [5.41, 5.74) is 4.03. The van der Waals surface area contributed by atoms with E-state index in [9.17, 15) is 0 Å². The Morgan fingerprint density at radius 3 is 2.74 bits per heavy atom. The van der Waals surface area contributed by atoms with Crippen LogP contribution in [0.1, 0.15) is 17.5 Å². The number of rotatable bonds is 2. The summed E-state index contributed by atoms with van der Waals surface area (Å²) in [6.45, 7) is 0. The average Bonchev–Trinajstić information content (AvgIpc) is 2.43. The smallest absolute Gasteiger partial charge is 0.0501 e. The molecule has 0 amide bonds. The number of hydrogen-bond donors (Lipinski definition) is 1. The summed E-state index contributed by atoms with van der Waals surface area (Å²) < 4.78 is 1.07. The molecule has 19 heavy (non-hydrogen) atoms. The fourth-order valence-corrected chi connectivity index (χ4v) is 3.18. The van der Waals surface area contributed by atoms with Gasteiger partial charge in [0.15, 0.2) is 0 Å². The van der Waals surface area contributed by atoms with E-state index in [2.05, 4.69) is 45.5 Å². The molecule has 3 rings (SSSR count). The van der Waals surface area contributed by atoms with E-state index in [0.717, 1.165) is 34.4 Å². The third-order valence-electron chi connectivity index (χ3n) is 3.63. The Kier molecular flexibility index (Phi) is 3.81. The molecule has 3 heteroatoms. The van der Waals surface area contributed by atoms with Crippen molar-refractivity contribution in [2.24, 2.45) is 0 Å². The van der Waals surface area contributed by atoms with Crippen molar-refractivity contribution in [2.75, 3.05) is 5.32 Å². The molecule has 0 aliphatic heterocycles. The molecule has 1 atom stereocenters. The molecule has 0 aromatic heterocycles. The summed E-state index contributed by atoms with van der Waals surface area (Å²) in [4.78, 5) is 0. The molecule has 0 radical (unpaired) electrons. The van der Waals surface area contributed by atoms with Crippen LogP contribution in [0.4, 0.5) is 5.69 Å². The van der Waals surface area contributed by atoms with Gasteiger partial charge in [0.2, 0.25) is 0 Å². The maximum absolute atomic E-state index is 6.05. The summed E-state index contributed by atoms with van der Waals surface area (Å²) >= 11 is 9.62. The maximum Gasteiger partial charge on any atom is 0.0501 e. The van der Waals surface area contributed by atoms with Crippen LogP contribution in [0, 0.1) is 0 Å². The van der Waals surface area contributed by atoms with Gasteiger partial charge in [-0.3, -0.25) is 0 Å². The van der Waals surface area contributed by atoms with Crippen molar-refractivity contribution >= 4 is 33.2 Å². The van der Waals surface area contributed by atoms with Gasteiger partial charge in [0.25, 0.3) is 0 Å². The average molecular weight is 337 g/mol. The number of anilines is 1. The Balaban J connectivity index is 1.77. The maximum atomic E-state index is 6.05. The van der Waals surface area contributed by atoms with Gasteiger partial charge in [0.05, 0.1) is 5.69 Å². The molecule has 1 aliphatic rings. The van der Waals surface area contributed by atoms with Crippen LogP contribution in [0.2, 0.25) is 5.02 Å². The number of halogens is 2. The van der Waals surface area contributed by atoms with Gasteiger partial charge in [-0.2, -0.15) is 0 Å². The van der Waals surface area contributed by atoms with E-state index in [0.29, 0.717) is 6.04 Å². The monoisotopic (exact) mass is 335 g/mol. The van der Waals surface area contributed by atoms with E-state index in [1.54, 1.807) is 0 Å². The van der Waals surface area contributed by atoms with Crippen molar-refractivity contribution in [1.29, 1.82) is 0 Å². The van der Waals surface area contributed by atoms with Crippen LogP contribution in [-0.4, -0.2) is 6.04 Å². The normalized spacial score (nSPS) is 17.9. The molecule has 1 N–H and O–H groups in total. The number of aryl methyl sites for hydroxylation is 1. The van der Waals surface area contributed by atoms with Gasteiger partial charge in [0, 0.05) is 15.5 Å². The Morgan fingerprint density at radius 1 is 1.11 bits per heavy atom. The Hall–Kier alpha value is -0.990. The summed E-state index contributed by atoms with van der Waals surface area (Å²) in [5.74, 6) is 0. The predicted molar refractivity (Wildman–Crippen MR) is 85.0 cm³/mol. The standard InChI is InChI=1S/C16H15BrClN/c17-15-8-6-13(18)10-16(15)19-14-7-5-11-3-1-2-4-12(11)9-14/h1-4,6,8,10,14,19H,5,7,9H2. The minimum Gasteiger partial charge on any atom is -0.381 e. The van der Waals surface area contributed by atoms with Gasteiger partial charge < -0.3 is 5.32 Å². The highest BCUT2D eigenvalue weighted by atomic mass is 79.9. The highest BCUT2D eigenvalue weighted by Crippen LogP contribution is 2.29. The first kappa shape index (κ1) is 13.0. The second kappa shape index (κ2) is 5.56. The van der Waals surface area contributed by atoms with Crippen LogP contribution in [-0.2, 0) is 12.8 Å². The lowest BCUT2D eigenvalue weighted by atomic mass is 9.88. The highest BCUT2D eigenvalue weighted by Gasteiger charge is 2.18. The van der Waals surface area contributed by atoms with Crippen LogP contribution in [0.5, 0.6) is 0 Å². The predicted octanol–water partition coefficient (Wildman–Crippen LogP) is 5.07. The number of benzene rings is 2. The fraction of sp³-hybridized carbons (Fsp3) is 0.250. The van der Waals surface area contributed by atoms with E-state index in [1.807, 2.05) is 18.2 Å². The zero-order valence-corrected chi connectivity index (χ0v) is 12.8. The largest absolute Gasteiger partial charge is 0.381 e. The molecular formula is C16H15BrClN. The summed E-state index contributed by atoms with van der Waals surface area (Å²) in [7, 11) is 0. The molecule has 0 fully saturated rings. The van der Waals surface area contributed by atoms with E-state index in [4.69, 9.17) is 11.6 Å². The highest BCUT2D eigenvalue weighted by molar-refractivity contribution is 9.10. The van der Waals surface area contributed by atoms with Crippen molar-refractivity contribution in [3.8, 4) is 0 Å². The van der Waals surface area contributed by atoms with E-state index in [1.165, 1.54) is 11.1 Å². The zero-order valence-electron chi connectivity index (χ0n) is 10.5. The molecule has 1 aliphatic carbocycles. The van der Waals surface area contributed by atoms with Crippen LogP contribution in [0.15, 0.2) is 46.9 Å². The number of hydrogen-bond acceptors (Lipinski definition) is 1. The van der Waals surface area contributed by atoms with Gasteiger partial charge in [-0.1, -0.05) is 35.9 Å². The molecule has 0 heterocycles. The van der Waals surface area contributed by atoms with E-state index in [-0.39, 0.29) is 0 Å². The van der Waals surface area contributed by atoms with Gasteiger partial charge in [-0.25, -0.2) is 0 Å². The first-order chi connectivity index (χ1) is 9.22. The first-order valence-corrected chi connectivity index (χ1v) is 7.68. The van der Waals surface area contributed by atoms with Crippen LogP contribution in [0.25, 0.3) is 0 Å².